The topological polar surface area (TPSA) is 51.4 Å². The molecule has 0 amide bonds. The Labute approximate surface area is 156 Å². The lowest BCUT2D eigenvalue weighted by atomic mass is 10.00. The number of ether oxygens (including phenoxy) is 1. The minimum Gasteiger partial charge on any atom is -0.488 e. The zero-order valence-electron chi connectivity index (χ0n) is 14.0. The van der Waals surface area contributed by atoms with Gasteiger partial charge in [-0.3, -0.25) is 5.84 Å². The van der Waals surface area contributed by atoms with Crippen molar-refractivity contribution >= 4 is 33.2 Å². The quantitative estimate of drug-likeness (QED) is 0.679. The van der Waals surface area contributed by atoms with Crippen molar-refractivity contribution in [1.82, 2.24) is 9.99 Å². The molecule has 3 aromatic rings. The first-order chi connectivity index (χ1) is 12.1. The van der Waals surface area contributed by atoms with Gasteiger partial charge in [0, 0.05) is 35.3 Å². The number of halogens is 1. The molecule has 1 fully saturated rings. The lowest BCUT2D eigenvalue weighted by Crippen LogP contribution is -2.45. The molecule has 0 unspecified atom stereocenters. The van der Waals surface area contributed by atoms with E-state index in [9.17, 15) is 0 Å². The van der Waals surface area contributed by atoms with Crippen LogP contribution in [-0.4, -0.2) is 29.2 Å². The average Bonchev–Trinajstić information content (AvgIpc) is 3.06. The first-order valence-corrected chi connectivity index (χ1v) is 9.66. The molecule has 0 bridgehead atoms. The van der Waals surface area contributed by atoms with E-state index in [2.05, 4.69) is 16.4 Å². The Morgan fingerprint density at radius 1 is 1.32 bits per heavy atom. The number of piperidine rings is 1. The minimum absolute atomic E-state index is 0.0946. The number of hydrogen-bond donors (Lipinski definition) is 1. The molecule has 1 aliphatic rings. The van der Waals surface area contributed by atoms with Crippen molar-refractivity contribution < 1.29 is 4.74 Å². The highest BCUT2D eigenvalue weighted by atomic mass is 35.5. The Bertz CT molecular complexity index is 911. The molecule has 0 aliphatic carbocycles. The third kappa shape index (κ3) is 3.37. The van der Waals surface area contributed by atoms with E-state index in [4.69, 9.17) is 22.2 Å². The van der Waals surface area contributed by atoms with Crippen LogP contribution in [0.3, 0.4) is 0 Å². The van der Waals surface area contributed by atoms with E-state index < -0.39 is 0 Å². The zero-order valence-corrected chi connectivity index (χ0v) is 15.6. The largest absolute Gasteiger partial charge is 0.488 e. The van der Waals surface area contributed by atoms with Crippen LogP contribution < -0.4 is 10.6 Å². The number of nitrogens with zero attached hydrogens (tertiary/aromatic N) is 2. The summed E-state index contributed by atoms with van der Waals surface area (Å²) in [5.41, 5.74) is 3.16. The molecule has 0 saturated carbocycles. The molecule has 1 atom stereocenters. The molecular formula is C19H20ClN3OS. The molecule has 2 aromatic heterocycles. The van der Waals surface area contributed by atoms with E-state index in [1.54, 1.807) is 11.3 Å². The number of hydrogen-bond acceptors (Lipinski definition) is 5. The van der Waals surface area contributed by atoms with E-state index in [0.29, 0.717) is 5.02 Å². The zero-order chi connectivity index (χ0) is 17.4. The lowest BCUT2D eigenvalue weighted by Gasteiger charge is -2.31. The van der Waals surface area contributed by atoms with Crippen LogP contribution in [0.25, 0.3) is 21.3 Å². The van der Waals surface area contributed by atoms with Crippen molar-refractivity contribution in [1.29, 1.82) is 0 Å². The van der Waals surface area contributed by atoms with Crippen molar-refractivity contribution in [3.8, 4) is 16.9 Å². The Kier molecular flexibility index (Phi) is 4.65. The fourth-order valence-corrected chi connectivity index (χ4v) is 4.46. The molecule has 3 heterocycles. The van der Waals surface area contributed by atoms with Crippen molar-refractivity contribution in [2.75, 3.05) is 13.1 Å². The molecule has 2 N–H and O–H groups in total. The number of rotatable bonds is 3. The van der Waals surface area contributed by atoms with E-state index in [1.165, 1.54) is 0 Å². The van der Waals surface area contributed by atoms with E-state index in [0.717, 1.165) is 58.6 Å². The van der Waals surface area contributed by atoms with Crippen LogP contribution in [0.5, 0.6) is 5.75 Å². The molecule has 1 saturated heterocycles. The maximum Gasteiger partial charge on any atom is 0.130 e. The second-order valence-corrected chi connectivity index (χ2v) is 7.81. The monoisotopic (exact) mass is 373 g/mol. The Hall–Kier alpha value is -1.66. The summed E-state index contributed by atoms with van der Waals surface area (Å²) in [6.07, 6.45) is 4.00. The van der Waals surface area contributed by atoms with Gasteiger partial charge in [-0.1, -0.05) is 11.6 Å². The summed E-state index contributed by atoms with van der Waals surface area (Å²) < 4.78 is 6.43. The summed E-state index contributed by atoms with van der Waals surface area (Å²) in [5.74, 6) is 6.87. The SMILES string of the molecule is Cc1cc(Cl)cc(-c2ccnc3sccc23)c1O[C@H]1CCCN(N)C1. The maximum absolute atomic E-state index is 6.43. The van der Waals surface area contributed by atoms with Gasteiger partial charge in [-0.2, -0.15) is 0 Å². The summed E-state index contributed by atoms with van der Waals surface area (Å²) in [7, 11) is 0. The fourth-order valence-electron chi connectivity index (χ4n) is 3.43. The van der Waals surface area contributed by atoms with Gasteiger partial charge in [-0.05, 0) is 60.5 Å². The average molecular weight is 374 g/mol. The van der Waals surface area contributed by atoms with Crippen molar-refractivity contribution in [2.45, 2.75) is 25.9 Å². The first-order valence-electron chi connectivity index (χ1n) is 8.41. The van der Waals surface area contributed by atoms with Crippen LogP contribution in [0.2, 0.25) is 5.02 Å². The van der Waals surface area contributed by atoms with Crippen molar-refractivity contribution in [3.05, 3.63) is 46.4 Å². The highest BCUT2D eigenvalue weighted by Gasteiger charge is 2.22. The number of thiophene rings is 1. The molecule has 1 aliphatic heterocycles. The molecule has 0 radical (unpaired) electrons. The highest BCUT2D eigenvalue weighted by Crippen LogP contribution is 2.40. The van der Waals surface area contributed by atoms with Gasteiger partial charge in [-0.15, -0.1) is 11.3 Å². The third-order valence-corrected chi connectivity index (χ3v) is 5.63. The minimum atomic E-state index is 0.0946. The molecular weight excluding hydrogens is 354 g/mol. The predicted octanol–water partition coefficient (Wildman–Crippen LogP) is 4.64. The van der Waals surface area contributed by atoms with Gasteiger partial charge in [0.25, 0.3) is 0 Å². The molecule has 6 heteroatoms. The van der Waals surface area contributed by atoms with Crippen LogP contribution in [0.15, 0.2) is 35.8 Å². The van der Waals surface area contributed by atoms with Gasteiger partial charge in [-0.25, -0.2) is 9.99 Å². The van der Waals surface area contributed by atoms with Gasteiger partial charge in [0.15, 0.2) is 0 Å². The number of aryl methyl sites for hydroxylation is 1. The summed E-state index contributed by atoms with van der Waals surface area (Å²) >= 11 is 8.00. The number of nitrogens with two attached hydrogens (primary N) is 1. The third-order valence-electron chi connectivity index (χ3n) is 4.59. The lowest BCUT2D eigenvalue weighted by molar-refractivity contribution is 0.0889. The second-order valence-electron chi connectivity index (χ2n) is 6.47. The second kappa shape index (κ2) is 6.92. The first kappa shape index (κ1) is 16.8. The van der Waals surface area contributed by atoms with Crippen LogP contribution in [0.4, 0.5) is 0 Å². The smallest absolute Gasteiger partial charge is 0.130 e. The van der Waals surface area contributed by atoms with Crippen LogP contribution in [-0.2, 0) is 0 Å². The summed E-state index contributed by atoms with van der Waals surface area (Å²) in [6, 6.07) is 8.07. The number of pyridine rings is 1. The van der Waals surface area contributed by atoms with Crippen LogP contribution in [0.1, 0.15) is 18.4 Å². The number of fused-ring (bicyclic) bond motifs is 1. The van der Waals surface area contributed by atoms with E-state index in [-0.39, 0.29) is 6.10 Å². The van der Waals surface area contributed by atoms with Crippen LogP contribution in [0, 0.1) is 6.92 Å². The summed E-state index contributed by atoms with van der Waals surface area (Å²) in [4.78, 5) is 5.47. The fraction of sp³-hybridized carbons (Fsp3) is 0.316. The van der Waals surface area contributed by atoms with E-state index in [1.807, 2.05) is 36.3 Å². The molecule has 1 aromatic carbocycles. The van der Waals surface area contributed by atoms with Gasteiger partial charge in [0.2, 0.25) is 0 Å². The molecule has 0 spiro atoms. The maximum atomic E-state index is 6.43. The number of hydrazine groups is 1. The standard InChI is InChI=1S/C19H20ClN3OS/c1-12-9-13(20)10-17(15-4-6-22-19-16(15)5-8-25-19)18(12)24-14-3-2-7-23(21)11-14/h4-6,8-10,14H,2-3,7,11,21H2,1H3/t14-/m0/s1. The van der Waals surface area contributed by atoms with Gasteiger partial charge in [0.05, 0.1) is 0 Å². The highest BCUT2D eigenvalue weighted by molar-refractivity contribution is 7.16. The number of aromatic nitrogens is 1. The molecule has 4 nitrogen and oxygen atoms in total. The Morgan fingerprint density at radius 3 is 3.04 bits per heavy atom. The molecule has 130 valence electrons. The van der Waals surface area contributed by atoms with Gasteiger partial charge >= 0.3 is 0 Å². The summed E-state index contributed by atoms with van der Waals surface area (Å²) in [5, 5.41) is 5.74. The van der Waals surface area contributed by atoms with E-state index >= 15 is 0 Å². The van der Waals surface area contributed by atoms with Crippen molar-refractivity contribution in [2.24, 2.45) is 5.84 Å². The van der Waals surface area contributed by atoms with Gasteiger partial charge in [0.1, 0.15) is 16.7 Å². The Morgan fingerprint density at radius 2 is 2.20 bits per heavy atom. The normalized spacial score (nSPS) is 18.6. The summed E-state index contributed by atoms with van der Waals surface area (Å²) in [6.45, 7) is 3.71. The van der Waals surface area contributed by atoms with Gasteiger partial charge < -0.3 is 4.74 Å². The predicted molar refractivity (Wildman–Crippen MR) is 104 cm³/mol. The van der Waals surface area contributed by atoms with Crippen LogP contribution >= 0.6 is 22.9 Å². The molecule has 25 heavy (non-hydrogen) atoms. The molecule has 4 rings (SSSR count). The van der Waals surface area contributed by atoms with Crippen molar-refractivity contribution in [3.63, 3.8) is 0 Å². The Balaban J connectivity index is 1.80. The number of benzene rings is 1.